The molecule has 1 amide bonds. The quantitative estimate of drug-likeness (QED) is 0.518. The van der Waals surface area contributed by atoms with Crippen molar-refractivity contribution in [2.75, 3.05) is 26.9 Å². The lowest BCUT2D eigenvalue weighted by Crippen LogP contribution is -2.54. The predicted octanol–water partition coefficient (Wildman–Crippen LogP) is 2.79. The maximum atomic E-state index is 12.9. The van der Waals surface area contributed by atoms with E-state index in [1.807, 2.05) is 20.8 Å². The molecule has 2 unspecified atom stereocenters. The first kappa shape index (κ1) is 22.4. The molecule has 0 aromatic heterocycles. The van der Waals surface area contributed by atoms with Gasteiger partial charge in [0.2, 0.25) is 5.91 Å². The van der Waals surface area contributed by atoms with Gasteiger partial charge < -0.3 is 19.5 Å². The van der Waals surface area contributed by atoms with Crippen molar-refractivity contribution in [2.24, 2.45) is 0 Å². The summed E-state index contributed by atoms with van der Waals surface area (Å²) < 4.78 is 16.1. The smallest absolute Gasteiger partial charge is 0.331 e. The molecular weight excluding hydrogens is 358 g/mol. The van der Waals surface area contributed by atoms with E-state index in [-0.39, 0.29) is 31.0 Å². The van der Waals surface area contributed by atoms with Crippen LogP contribution in [0.4, 0.5) is 0 Å². The summed E-state index contributed by atoms with van der Waals surface area (Å²) in [6, 6.07) is 4.15. The molecule has 1 fully saturated rings. The summed E-state index contributed by atoms with van der Waals surface area (Å²) in [5.74, 6) is -0.542. The Labute approximate surface area is 167 Å². The average Bonchev–Trinajstić information content (AvgIpc) is 3.03. The normalized spacial score (nSPS) is 21.5. The summed E-state index contributed by atoms with van der Waals surface area (Å²) in [5.41, 5.74) is 3.34. The molecule has 1 aromatic rings. The largest absolute Gasteiger partial charge is 0.464 e. The van der Waals surface area contributed by atoms with Crippen LogP contribution in [-0.4, -0.2) is 50.4 Å². The third-order valence-corrected chi connectivity index (χ3v) is 5.33. The van der Waals surface area contributed by atoms with E-state index in [1.54, 1.807) is 14.0 Å². The van der Waals surface area contributed by atoms with E-state index in [0.29, 0.717) is 32.5 Å². The van der Waals surface area contributed by atoms with Crippen molar-refractivity contribution in [3.8, 4) is 0 Å². The Morgan fingerprint density at radius 1 is 1.18 bits per heavy atom. The van der Waals surface area contributed by atoms with Gasteiger partial charge in [-0.15, -0.1) is 0 Å². The van der Waals surface area contributed by atoms with E-state index in [4.69, 9.17) is 14.2 Å². The van der Waals surface area contributed by atoms with Crippen molar-refractivity contribution in [3.63, 3.8) is 0 Å². The molecule has 2 atom stereocenters. The monoisotopic (exact) mass is 391 g/mol. The van der Waals surface area contributed by atoms with Crippen LogP contribution in [-0.2, 0) is 30.2 Å². The van der Waals surface area contributed by atoms with Crippen LogP contribution in [0.5, 0.6) is 0 Å². The fraction of sp³-hybridized carbons (Fsp3) is 0.636. The van der Waals surface area contributed by atoms with E-state index in [2.05, 4.69) is 17.4 Å². The fourth-order valence-electron chi connectivity index (χ4n) is 4.02. The first-order chi connectivity index (χ1) is 13.3. The van der Waals surface area contributed by atoms with Gasteiger partial charge in [-0.2, -0.15) is 0 Å². The van der Waals surface area contributed by atoms with Crippen LogP contribution < -0.4 is 5.32 Å². The van der Waals surface area contributed by atoms with E-state index < -0.39 is 5.54 Å². The van der Waals surface area contributed by atoms with Crippen LogP contribution in [0.25, 0.3) is 0 Å². The topological polar surface area (TPSA) is 73.9 Å². The first-order valence-electron chi connectivity index (χ1n) is 9.96. The van der Waals surface area contributed by atoms with Gasteiger partial charge >= 0.3 is 5.97 Å². The van der Waals surface area contributed by atoms with Gasteiger partial charge in [-0.25, -0.2) is 4.79 Å². The number of rotatable bonds is 9. The molecule has 1 aromatic carbocycles. The van der Waals surface area contributed by atoms with Crippen molar-refractivity contribution in [2.45, 2.75) is 65.0 Å². The van der Waals surface area contributed by atoms with Crippen molar-refractivity contribution in [1.82, 2.24) is 5.32 Å². The highest BCUT2D eigenvalue weighted by Crippen LogP contribution is 2.33. The van der Waals surface area contributed by atoms with Crippen LogP contribution in [0.15, 0.2) is 12.1 Å². The number of esters is 1. The molecule has 1 N–H and O–H groups in total. The molecule has 0 bridgehead atoms. The highest BCUT2D eigenvalue weighted by Gasteiger charge is 2.48. The van der Waals surface area contributed by atoms with Crippen LogP contribution in [0.1, 0.15) is 48.4 Å². The zero-order valence-corrected chi connectivity index (χ0v) is 17.7. The number of amides is 1. The number of carbonyl (C=O) groups is 2. The van der Waals surface area contributed by atoms with E-state index in [9.17, 15) is 9.59 Å². The number of ether oxygens (including phenoxy) is 3. The molecule has 156 valence electrons. The van der Waals surface area contributed by atoms with E-state index in [1.165, 1.54) is 5.56 Å². The molecule has 1 aliphatic carbocycles. The Bertz CT molecular complexity index is 679. The fourth-order valence-corrected chi connectivity index (χ4v) is 4.02. The second-order valence-corrected chi connectivity index (χ2v) is 7.63. The summed E-state index contributed by atoms with van der Waals surface area (Å²) in [6.45, 7) is 9.09. The predicted molar refractivity (Wildman–Crippen MR) is 107 cm³/mol. The third kappa shape index (κ3) is 5.55. The second kappa shape index (κ2) is 10.0. The van der Waals surface area contributed by atoms with E-state index >= 15 is 0 Å². The summed E-state index contributed by atoms with van der Waals surface area (Å²) in [7, 11) is 1.62. The summed E-state index contributed by atoms with van der Waals surface area (Å²) in [6.07, 6.45) is 1.79. The molecule has 0 spiro atoms. The van der Waals surface area contributed by atoms with Crippen molar-refractivity contribution in [3.05, 3.63) is 34.4 Å². The molecule has 6 heteroatoms. The Morgan fingerprint density at radius 2 is 1.86 bits per heavy atom. The number of carbonyl (C=O) groups excluding carboxylic acids is 2. The Morgan fingerprint density at radius 3 is 2.46 bits per heavy atom. The molecule has 28 heavy (non-hydrogen) atoms. The van der Waals surface area contributed by atoms with Gasteiger partial charge in [0.25, 0.3) is 0 Å². The highest BCUT2D eigenvalue weighted by atomic mass is 16.5. The minimum absolute atomic E-state index is 0.0947. The molecule has 1 aliphatic rings. The van der Waals surface area contributed by atoms with Gasteiger partial charge in [-0.05, 0) is 57.2 Å². The van der Waals surface area contributed by atoms with Gasteiger partial charge in [-0.1, -0.05) is 17.7 Å². The van der Waals surface area contributed by atoms with Gasteiger partial charge in [0.05, 0.1) is 32.3 Å². The van der Waals surface area contributed by atoms with Crippen molar-refractivity contribution >= 4 is 11.9 Å². The number of methoxy groups -OCH3 is 1. The maximum absolute atomic E-state index is 12.9. The van der Waals surface area contributed by atoms with Crippen LogP contribution in [0, 0.1) is 20.8 Å². The van der Waals surface area contributed by atoms with Gasteiger partial charge in [0.1, 0.15) is 5.54 Å². The third-order valence-electron chi connectivity index (χ3n) is 5.33. The lowest BCUT2D eigenvalue weighted by atomic mass is 9.94. The molecule has 0 heterocycles. The highest BCUT2D eigenvalue weighted by molar-refractivity contribution is 5.89. The lowest BCUT2D eigenvalue weighted by molar-refractivity contribution is -0.153. The van der Waals surface area contributed by atoms with Crippen molar-refractivity contribution < 1.29 is 23.8 Å². The van der Waals surface area contributed by atoms with Crippen LogP contribution in [0.3, 0.4) is 0 Å². The summed E-state index contributed by atoms with van der Waals surface area (Å²) >= 11 is 0. The maximum Gasteiger partial charge on any atom is 0.331 e. The number of nitrogens with one attached hydrogen (secondary N) is 1. The SMILES string of the molecule is CCOC(=O)C1(NC(=O)Cc2c(C)cc(C)cc2C)CCC(OCCOC)C1. The number of benzene rings is 1. The molecular formula is C22H33NO5. The standard InChI is InChI=1S/C22H33NO5/c1-6-27-21(25)22(8-7-18(14-22)28-10-9-26-5)23-20(24)13-19-16(3)11-15(2)12-17(19)4/h11-12,18H,6-10,13-14H2,1-5H3,(H,23,24). The Hall–Kier alpha value is -1.92. The van der Waals surface area contributed by atoms with E-state index in [0.717, 1.165) is 16.7 Å². The van der Waals surface area contributed by atoms with Gasteiger partial charge in [0.15, 0.2) is 0 Å². The number of aryl methyl sites for hydroxylation is 3. The van der Waals surface area contributed by atoms with Crippen molar-refractivity contribution in [1.29, 1.82) is 0 Å². The molecule has 6 nitrogen and oxygen atoms in total. The molecule has 0 radical (unpaired) electrons. The minimum Gasteiger partial charge on any atom is -0.464 e. The first-order valence-corrected chi connectivity index (χ1v) is 9.96. The lowest BCUT2D eigenvalue weighted by Gasteiger charge is -2.28. The minimum atomic E-state index is -1.02. The number of hydrogen-bond acceptors (Lipinski definition) is 5. The van der Waals surface area contributed by atoms with Gasteiger partial charge in [-0.3, -0.25) is 4.79 Å². The Balaban J connectivity index is 2.11. The van der Waals surface area contributed by atoms with Crippen LogP contribution in [0.2, 0.25) is 0 Å². The molecule has 2 rings (SSSR count). The zero-order chi connectivity index (χ0) is 20.7. The zero-order valence-electron chi connectivity index (χ0n) is 17.7. The Kier molecular flexibility index (Phi) is 8.01. The summed E-state index contributed by atoms with van der Waals surface area (Å²) in [5, 5.41) is 2.99. The summed E-state index contributed by atoms with van der Waals surface area (Å²) in [4.78, 5) is 25.6. The van der Waals surface area contributed by atoms with Gasteiger partial charge in [0, 0.05) is 13.5 Å². The van der Waals surface area contributed by atoms with Crippen LogP contribution >= 0.6 is 0 Å². The number of hydrogen-bond donors (Lipinski definition) is 1. The molecule has 0 saturated heterocycles. The molecule has 1 saturated carbocycles. The second-order valence-electron chi connectivity index (χ2n) is 7.63. The average molecular weight is 392 g/mol. The molecule has 0 aliphatic heterocycles.